The van der Waals surface area contributed by atoms with Gasteiger partial charge in [0, 0.05) is 6.42 Å². The number of aryl methyl sites for hydroxylation is 1. The van der Waals surface area contributed by atoms with Crippen molar-refractivity contribution in [1.29, 1.82) is 0 Å². The molecule has 1 aliphatic heterocycles. The van der Waals surface area contributed by atoms with E-state index in [-0.39, 0.29) is 0 Å². The fourth-order valence-corrected chi connectivity index (χ4v) is 2.30. The highest BCUT2D eigenvalue weighted by Crippen LogP contribution is 2.38. The zero-order valence-electron chi connectivity index (χ0n) is 11.7. The van der Waals surface area contributed by atoms with Crippen molar-refractivity contribution >= 4 is 0 Å². The van der Waals surface area contributed by atoms with Crippen molar-refractivity contribution in [2.24, 2.45) is 5.73 Å². The predicted molar refractivity (Wildman–Crippen MR) is 73.6 cm³/mol. The number of alkyl halides is 1. The van der Waals surface area contributed by atoms with Gasteiger partial charge in [-0.25, -0.2) is 4.39 Å². The standard InChI is InChI=1S/C15H22FNO2/c1-15(2,16)12-10-14-13(18-7-4-8-19-14)9-11(12)5-3-6-17/h9-10H,3-8,17H2,1-2H3. The molecule has 0 amide bonds. The number of hydrogen-bond donors (Lipinski definition) is 1. The first-order valence-corrected chi connectivity index (χ1v) is 6.84. The van der Waals surface area contributed by atoms with Gasteiger partial charge in [-0.15, -0.1) is 0 Å². The van der Waals surface area contributed by atoms with Crippen LogP contribution in [-0.4, -0.2) is 19.8 Å². The van der Waals surface area contributed by atoms with Crippen LogP contribution in [0.25, 0.3) is 0 Å². The van der Waals surface area contributed by atoms with Gasteiger partial charge in [-0.1, -0.05) is 0 Å². The average molecular weight is 267 g/mol. The zero-order chi connectivity index (χ0) is 13.9. The number of hydrogen-bond acceptors (Lipinski definition) is 3. The lowest BCUT2D eigenvalue weighted by atomic mass is 9.91. The van der Waals surface area contributed by atoms with E-state index in [1.165, 1.54) is 0 Å². The maximum Gasteiger partial charge on any atom is 0.161 e. The van der Waals surface area contributed by atoms with Crippen LogP contribution in [-0.2, 0) is 12.1 Å². The molecule has 4 heteroatoms. The lowest BCUT2D eigenvalue weighted by molar-refractivity contribution is 0.218. The van der Waals surface area contributed by atoms with Crippen molar-refractivity contribution in [2.45, 2.75) is 38.8 Å². The van der Waals surface area contributed by atoms with Crippen molar-refractivity contribution in [3.8, 4) is 11.5 Å². The molecule has 19 heavy (non-hydrogen) atoms. The Morgan fingerprint density at radius 1 is 1.21 bits per heavy atom. The van der Waals surface area contributed by atoms with Crippen molar-refractivity contribution in [2.75, 3.05) is 19.8 Å². The average Bonchev–Trinajstić information content (AvgIpc) is 2.58. The molecule has 0 spiro atoms. The van der Waals surface area contributed by atoms with Crippen molar-refractivity contribution < 1.29 is 13.9 Å². The molecule has 0 atom stereocenters. The molecular weight excluding hydrogens is 245 g/mol. The summed E-state index contributed by atoms with van der Waals surface area (Å²) in [6, 6.07) is 3.69. The van der Waals surface area contributed by atoms with E-state index in [1.807, 2.05) is 6.07 Å². The second-order valence-corrected chi connectivity index (χ2v) is 5.37. The van der Waals surface area contributed by atoms with Crippen molar-refractivity contribution in [3.63, 3.8) is 0 Å². The second-order valence-electron chi connectivity index (χ2n) is 5.37. The molecule has 0 aromatic heterocycles. The van der Waals surface area contributed by atoms with Crippen LogP contribution in [0.3, 0.4) is 0 Å². The molecule has 0 fully saturated rings. The van der Waals surface area contributed by atoms with E-state index >= 15 is 0 Å². The number of nitrogens with two attached hydrogens (primary N) is 1. The molecule has 0 bridgehead atoms. The van der Waals surface area contributed by atoms with Crippen LogP contribution in [0, 0.1) is 0 Å². The molecule has 0 saturated heterocycles. The number of rotatable bonds is 4. The minimum Gasteiger partial charge on any atom is -0.490 e. The smallest absolute Gasteiger partial charge is 0.161 e. The van der Waals surface area contributed by atoms with Gasteiger partial charge in [-0.2, -0.15) is 0 Å². The van der Waals surface area contributed by atoms with Gasteiger partial charge in [0.05, 0.1) is 13.2 Å². The third-order valence-corrected chi connectivity index (χ3v) is 3.26. The summed E-state index contributed by atoms with van der Waals surface area (Å²) in [6.45, 7) is 4.99. The fourth-order valence-electron chi connectivity index (χ4n) is 2.30. The Balaban J connectivity index is 2.41. The SMILES string of the molecule is CC(C)(F)c1cc2c(cc1CCCN)OCCCO2. The highest BCUT2D eigenvalue weighted by molar-refractivity contribution is 5.49. The third kappa shape index (κ3) is 3.38. The quantitative estimate of drug-likeness (QED) is 0.912. The Hall–Kier alpha value is -1.29. The highest BCUT2D eigenvalue weighted by Gasteiger charge is 2.25. The largest absolute Gasteiger partial charge is 0.490 e. The molecule has 0 unspecified atom stereocenters. The zero-order valence-corrected chi connectivity index (χ0v) is 11.7. The Labute approximate surface area is 113 Å². The van der Waals surface area contributed by atoms with E-state index in [0.717, 1.165) is 30.6 Å². The maximum atomic E-state index is 14.4. The predicted octanol–water partition coefficient (Wildman–Crippen LogP) is 2.94. The summed E-state index contributed by atoms with van der Waals surface area (Å²) in [6.07, 6.45) is 2.44. The summed E-state index contributed by atoms with van der Waals surface area (Å²) in [5, 5.41) is 0. The number of halogens is 1. The van der Waals surface area contributed by atoms with Crippen molar-refractivity contribution in [1.82, 2.24) is 0 Å². The Morgan fingerprint density at radius 2 is 1.84 bits per heavy atom. The molecule has 0 aliphatic carbocycles. The van der Waals surface area contributed by atoms with Gasteiger partial charge in [0.1, 0.15) is 5.67 Å². The molecule has 2 N–H and O–H groups in total. The molecule has 1 aromatic rings. The van der Waals surface area contributed by atoms with Gasteiger partial charge in [-0.05, 0) is 56.5 Å². The molecule has 0 saturated carbocycles. The molecule has 1 heterocycles. The van der Waals surface area contributed by atoms with Crippen LogP contribution in [0.15, 0.2) is 12.1 Å². The summed E-state index contributed by atoms with van der Waals surface area (Å²) in [4.78, 5) is 0. The summed E-state index contributed by atoms with van der Waals surface area (Å²) < 4.78 is 25.6. The molecule has 0 radical (unpaired) electrons. The lowest BCUT2D eigenvalue weighted by Crippen LogP contribution is -2.14. The van der Waals surface area contributed by atoms with Crippen LogP contribution in [0.4, 0.5) is 4.39 Å². The van der Waals surface area contributed by atoms with Gasteiger partial charge >= 0.3 is 0 Å². The van der Waals surface area contributed by atoms with Gasteiger partial charge in [0.2, 0.25) is 0 Å². The monoisotopic (exact) mass is 267 g/mol. The molecule has 2 rings (SSSR count). The van der Waals surface area contributed by atoms with E-state index in [0.29, 0.717) is 31.1 Å². The number of benzene rings is 1. The summed E-state index contributed by atoms with van der Waals surface area (Å²) in [5.74, 6) is 1.37. The fraction of sp³-hybridized carbons (Fsp3) is 0.600. The molecule has 1 aromatic carbocycles. The van der Waals surface area contributed by atoms with Gasteiger partial charge in [0.25, 0.3) is 0 Å². The van der Waals surface area contributed by atoms with Crippen LogP contribution in [0.2, 0.25) is 0 Å². The minimum atomic E-state index is -1.39. The van der Waals surface area contributed by atoms with Gasteiger partial charge in [0.15, 0.2) is 11.5 Å². The van der Waals surface area contributed by atoms with Crippen LogP contribution >= 0.6 is 0 Å². The topological polar surface area (TPSA) is 44.5 Å². The second kappa shape index (κ2) is 5.78. The highest BCUT2D eigenvalue weighted by atomic mass is 19.1. The lowest BCUT2D eigenvalue weighted by Gasteiger charge is -2.21. The van der Waals surface area contributed by atoms with Crippen LogP contribution in [0.1, 0.15) is 37.8 Å². The maximum absolute atomic E-state index is 14.4. The van der Waals surface area contributed by atoms with E-state index in [9.17, 15) is 4.39 Å². The number of fused-ring (bicyclic) bond motifs is 1. The first-order valence-electron chi connectivity index (χ1n) is 6.84. The molecule has 106 valence electrons. The van der Waals surface area contributed by atoms with Crippen LogP contribution < -0.4 is 15.2 Å². The van der Waals surface area contributed by atoms with E-state index in [2.05, 4.69) is 0 Å². The minimum absolute atomic E-state index is 0.598. The third-order valence-electron chi connectivity index (χ3n) is 3.26. The molecule has 1 aliphatic rings. The van der Waals surface area contributed by atoms with Gasteiger partial charge < -0.3 is 15.2 Å². The van der Waals surface area contributed by atoms with E-state index in [1.54, 1.807) is 19.9 Å². The molecular formula is C15H22FNO2. The Bertz CT molecular complexity index is 441. The summed E-state index contributed by atoms with van der Waals surface area (Å²) in [5.41, 5.74) is 5.79. The first kappa shape index (κ1) is 14.1. The Morgan fingerprint density at radius 3 is 2.42 bits per heavy atom. The normalized spacial score (nSPS) is 15.2. The van der Waals surface area contributed by atoms with E-state index in [4.69, 9.17) is 15.2 Å². The molecule has 3 nitrogen and oxygen atoms in total. The van der Waals surface area contributed by atoms with Crippen LogP contribution in [0.5, 0.6) is 11.5 Å². The first-order chi connectivity index (χ1) is 9.02. The summed E-state index contributed by atoms with van der Waals surface area (Å²) >= 11 is 0. The Kier molecular flexibility index (Phi) is 4.30. The summed E-state index contributed by atoms with van der Waals surface area (Å²) in [7, 11) is 0. The van der Waals surface area contributed by atoms with Crippen molar-refractivity contribution in [3.05, 3.63) is 23.3 Å². The van der Waals surface area contributed by atoms with E-state index < -0.39 is 5.67 Å². The van der Waals surface area contributed by atoms with Gasteiger partial charge in [-0.3, -0.25) is 0 Å². The number of ether oxygens (including phenoxy) is 2.